The van der Waals surface area contributed by atoms with Crippen molar-refractivity contribution in [3.05, 3.63) is 70.8 Å². The van der Waals surface area contributed by atoms with Crippen molar-refractivity contribution in [2.24, 2.45) is 0 Å². The molecule has 1 fully saturated rings. The second-order valence-electron chi connectivity index (χ2n) is 8.05. The highest BCUT2D eigenvalue weighted by Crippen LogP contribution is 2.29. The molecule has 31 heavy (non-hydrogen) atoms. The van der Waals surface area contributed by atoms with Crippen LogP contribution in [0.4, 0.5) is 11.4 Å². The minimum absolute atomic E-state index is 0.201. The van der Waals surface area contributed by atoms with Gasteiger partial charge in [0, 0.05) is 48.7 Å². The Balaban J connectivity index is 1.76. The molecule has 0 saturated heterocycles. The maximum atomic E-state index is 13.1. The lowest BCUT2D eigenvalue weighted by Gasteiger charge is -2.21. The van der Waals surface area contributed by atoms with E-state index in [0.717, 1.165) is 67.7 Å². The number of carbonyl (C=O) groups excluding carboxylic acids is 1. The van der Waals surface area contributed by atoms with Crippen molar-refractivity contribution in [1.82, 2.24) is 0 Å². The first-order valence-electron chi connectivity index (χ1n) is 11.7. The number of ketones is 1. The molecule has 0 heterocycles. The van der Waals surface area contributed by atoms with E-state index in [0.29, 0.717) is 0 Å². The molecule has 1 saturated carbocycles. The zero-order valence-electron chi connectivity index (χ0n) is 19.5. The Bertz CT molecular complexity index is 839. The number of rotatable bonds is 8. The quantitative estimate of drug-likeness (QED) is 0.453. The summed E-state index contributed by atoms with van der Waals surface area (Å²) in [6.45, 7) is 12.7. The van der Waals surface area contributed by atoms with E-state index in [2.05, 4.69) is 98.2 Å². The van der Waals surface area contributed by atoms with Crippen molar-refractivity contribution in [2.45, 2.75) is 47.0 Å². The molecule has 0 radical (unpaired) electrons. The molecule has 0 spiro atoms. The molecule has 0 bridgehead atoms. The van der Waals surface area contributed by atoms with Gasteiger partial charge in [-0.15, -0.1) is 0 Å². The zero-order chi connectivity index (χ0) is 22.2. The van der Waals surface area contributed by atoms with Crippen LogP contribution < -0.4 is 9.80 Å². The summed E-state index contributed by atoms with van der Waals surface area (Å²) in [7, 11) is 0. The minimum Gasteiger partial charge on any atom is -0.372 e. The second-order valence-corrected chi connectivity index (χ2v) is 8.05. The second kappa shape index (κ2) is 11.0. The first-order chi connectivity index (χ1) is 15.1. The SMILES string of the molecule is CCN(CC)c1ccc(C=C2CCCC(=Cc3ccc(N(CC)CC)cc3)C2=O)cc1. The average molecular weight is 417 g/mol. The molecular weight excluding hydrogens is 380 g/mol. The van der Waals surface area contributed by atoms with Gasteiger partial charge in [-0.3, -0.25) is 4.79 Å². The smallest absolute Gasteiger partial charge is 0.185 e. The van der Waals surface area contributed by atoms with Crippen LogP contribution in [0, 0.1) is 0 Å². The van der Waals surface area contributed by atoms with Crippen LogP contribution in [0.15, 0.2) is 59.7 Å². The maximum absolute atomic E-state index is 13.1. The molecule has 0 amide bonds. The van der Waals surface area contributed by atoms with E-state index in [1.54, 1.807) is 0 Å². The Labute approximate surface area is 188 Å². The third-order valence-electron chi connectivity index (χ3n) is 6.20. The molecule has 3 heteroatoms. The Hall–Kier alpha value is -2.81. The monoisotopic (exact) mass is 416 g/mol. The van der Waals surface area contributed by atoms with Gasteiger partial charge >= 0.3 is 0 Å². The fourth-order valence-electron chi connectivity index (χ4n) is 4.32. The lowest BCUT2D eigenvalue weighted by Crippen LogP contribution is -2.21. The molecule has 0 aliphatic heterocycles. The van der Waals surface area contributed by atoms with Crippen molar-refractivity contribution < 1.29 is 4.79 Å². The summed E-state index contributed by atoms with van der Waals surface area (Å²) < 4.78 is 0. The summed E-state index contributed by atoms with van der Waals surface area (Å²) in [6.07, 6.45) is 6.89. The zero-order valence-corrected chi connectivity index (χ0v) is 19.5. The molecule has 164 valence electrons. The van der Waals surface area contributed by atoms with Gasteiger partial charge in [0.15, 0.2) is 5.78 Å². The minimum atomic E-state index is 0.201. The predicted molar refractivity (Wildman–Crippen MR) is 135 cm³/mol. The maximum Gasteiger partial charge on any atom is 0.185 e. The van der Waals surface area contributed by atoms with Crippen LogP contribution in [-0.2, 0) is 4.79 Å². The largest absolute Gasteiger partial charge is 0.372 e. The van der Waals surface area contributed by atoms with Crippen molar-refractivity contribution in [3.63, 3.8) is 0 Å². The number of hydrogen-bond donors (Lipinski definition) is 0. The van der Waals surface area contributed by atoms with Crippen molar-refractivity contribution in [1.29, 1.82) is 0 Å². The van der Waals surface area contributed by atoms with Crippen LogP contribution in [-0.4, -0.2) is 32.0 Å². The third kappa shape index (κ3) is 5.66. The molecule has 0 aromatic heterocycles. The van der Waals surface area contributed by atoms with Crippen LogP contribution >= 0.6 is 0 Å². The van der Waals surface area contributed by atoms with Crippen molar-refractivity contribution in [3.8, 4) is 0 Å². The summed E-state index contributed by atoms with van der Waals surface area (Å²) in [5.74, 6) is 0.201. The van der Waals surface area contributed by atoms with Crippen molar-refractivity contribution in [2.75, 3.05) is 36.0 Å². The summed E-state index contributed by atoms with van der Waals surface area (Å²) in [5, 5.41) is 0. The van der Waals surface area contributed by atoms with Crippen molar-refractivity contribution >= 4 is 29.3 Å². The molecule has 2 aromatic carbocycles. The Morgan fingerprint density at radius 2 is 1.00 bits per heavy atom. The molecule has 0 N–H and O–H groups in total. The van der Waals surface area contributed by atoms with E-state index < -0.39 is 0 Å². The van der Waals surface area contributed by atoms with E-state index in [4.69, 9.17) is 0 Å². The van der Waals surface area contributed by atoms with E-state index in [1.165, 1.54) is 11.4 Å². The molecule has 1 aliphatic carbocycles. The van der Waals surface area contributed by atoms with Gasteiger partial charge in [0.1, 0.15) is 0 Å². The third-order valence-corrected chi connectivity index (χ3v) is 6.20. The standard InChI is InChI=1S/C28H36N2O/c1-5-29(6-2)26-16-12-22(13-17-26)20-24-10-9-11-25(28(24)31)21-23-14-18-27(19-15-23)30(7-3)8-4/h12-21H,5-11H2,1-4H3. The van der Waals surface area contributed by atoms with Gasteiger partial charge < -0.3 is 9.80 Å². The number of carbonyl (C=O) groups is 1. The highest BCUT2D eigenvalue weighted by atomic mass is 16.1. The van der Waals surface area contributed by atoms with Gasteiger partial charge in [-0.25, -0.2) is 0 Å². The predicted octanol–water partition coefficient (Wildman–Crippen LogP) is 6.60. The fourth-order valence-corrected chi connectivity index (χ4v) is 4.32. The van der Waals surface area contributed by atoms with E-state index >= 15 is 0 Å². The molecule has 1 aliphatic rings. The first-order valence-corrected chi connectivity index (χ1v) is 11.7. The number of Topliss-reactive ketones (excluding diaryl/α,β-unsaturated/α-hetero) is 1. The normalized spacial score (nSPS) is 16.7. The van der Waals surface area contributed by atoms with Crippen LogP contribution in [0.3, 0.4) is 0 Å². The molecule has 0 atom stereocenters. The molecule has 3 rings (SSSR count). The number of anilines is 2. The highest BCUT2D eigenvalue weighted by molar-refractivity contribution is 6.14. The summed E-state index contributed by atoms with van der Waals surface area (Å²) in [6, 6.07) is 17.1. The Morgan fingerprint density at radius 3 is 1.32 bits per heavy atom. The van der Waals surface area contributed by atoms with Gasteiger partial charge in [-0.05, 0) is 94.5 Å². The molecule has 2 aromatic rings. The van der Waals surface area contributed by atoms with Crippen LogP contribution in [0.2, 0.25) is 0 Å². The van der Waals surface area contributed by atoms with Crippen LogP contribution in [0.5, 0.6) is 0 Å². The van der Waals surface area contributed by atoms with Crippen LogP contribution in [0.25, 0.3) is 12.2 Å². The number of hydrogen-bond acceptors (Lipinski definition) is 3. The van der Waals surface area contributed by atoms with E-state index in [-0.39, 0.29) is 5.78 Å². The molecule has 0 unspecified atom stereocenters. The lowest BCUT2D eigenvalue weighted by atomic mass is 9.87. The fraction of sp³-hybridized carbons (Fsp3) is 0.393. The highest BCUT2D eigenvalue weighted by Gasteiger charge is 2.20. The van der Waals surface area contributed by atoms with E-state index in [9.17, 15) is 4.79 Å². The Kier molecular flexibility index (Phi) is 8.11. The van der Waals surface area contributed by atoms with Gasteiger partial charge in [0.2, 0.25) is 0 Å². The number of benzene rings is 2. The van der Waals surface area contributed by atoms with Crippen LogP contribution in [0.1, 0.15) is 58.1 Å². The van der Waals surface area contributed by atoms with E-state index in [1.807, 2.05) is 0 Å². The topological polar surface area (TPSA) is 23.6 Å². The molecule has 3 nitrogen and oxygen atoms in total. The lowest BCUT2D eigenvalue weighted by molar-refractivity contribution is -0.112. The average Bonchev–Trinajstić information content (AvgIpc) is 2.80. The summed E-state index contributed by atoms with van der Waals surface area (Å²) >= 11 is 0. The summed E-state index contributed by atoms with van der Waals surface area (Å²) in [4.78, 5) is 17.8. The number of allylic oxidation sites excluding steroid dienone is 2. The van der Waals surface area contributed by atoms with Gasteiger partial charge in [0.05, 0.1) is 0 Å². The van der Waals surface area contributed by atoms with Gasteiger partial charge in [0.25, 0.3) is 0 Å². The summed E-state index contributed by atoms with van der Waals surface area (Å²) in [5.41, 5.74) is 6.51. The van der Waals surface area contributed by atoms with Gasteiger partial charge in [-0.1, -0.05) is 24.3 Å². The molecular formula is C28H36N2O. The first kappa shape index (κ1) is 22.9. The number of nitrogens with zero attached hydrogens (tertiary/aromatic N) is 2. The Morgan fingerprint density at radius 1 is 0.645 bits per heavy atom. The van der Waals surface area contributed by atoms with Gasteiger partial charge in [-0.2, -0.15) is 0 Å².